The number of hydrogen-bond donors (Lipinski definition) is 2. The maximum atomic E-state index is 9.86. The van der Waals surface area contributed by atoms with Crippen LogP contribution in [0.2, 0.25) is 0 Å². The minimum absolute atomic E-state index is 0.121. The predicted molar refractivity (Wildman–Crippen MR) is 59.6 cm³/mol. The third-order valence-corrected chi connectivity index (χ3v) is 4.16. The Bertz CT molecular complexity index is 210. The molecule has 0 spiro atoms. The van der Waals surface area contributed by atoms with Crippen molar-refractivity contribution in [3.05, 3.63) is 0 Å². The van der Waals surface area contributed by atoms with Gasteiger partial charge in [0.1, 0.15) is 0 Å². The van der Waals surface area contributed by atoms with E-state index >= 15 is 0 Å². The van der Waals surface area contributed by atoms with E-state index in [0.717, 1.165) is 45.2 Å². The second-order valence-corrected chi connectivity index (χ2v) is 5.08. The van der Waals surface area contributed by atoms with Crippen LogP contribution in [0.5, 0.6) is 0 Å². The zero-order valence-electron chi connectivity index (χ0n) is 9.60. The second-order valence-electron chi connectivity index (χ2n) is 5.08. The summed E-state index contributed by atoms with van der Waals surface area (Å²) in [5.74, 6) is 0.409. The predicted octanol–water partition coefficient (Wildman–Crippen LogP) is 0.993. The Morgan fingerprint density at radius 2 is 1.93 bits per heavy atom. The van der Waals surface area contributed by atoms with Crippen molar-refractivity contribution in [2.24, 2.45) is 5.92 Å². The molecule has 0 aromatic carbocycles. The van der Waals surface area contributed by atoms with Gasteiger partial charge in [-0.15, -0.1) is 0 Å². The van der Waals surface area contributed by atoms with Gasteiger partial charge in [-0.05, 0) is 38.0 Å². The minimum atomic E-state index is -0.127. The summed E-state index contributed by atoms with van der Waals surface area (Å²) in [4.78, 5) is 2.40. The van der Waals surface area contributed by atoms with Crippen LogP contribution in [-0.4, -0.2) is 46.5 Å². The van der Waals surface area contributed by atoms with Crippen molar-refractivity contribution in [2.45, 2.75) is 57.3 Å². The van der Waals surface area contributed by atoms with E-state index < -0.39 is 0 Å². The minimum Gasteiger partial charge on any atom is -0.393 e. The molecule has 3 heteroatoms. The molecule has 1 saturated carbocycles. The van der Waals surface area contributed by atoms with Crippen LogP contribution >= 0.6 is 0 Å². The molecular formula is C12H23NO2. The number of rotatable bonds is 2. The lowest BCUT2D eigenvalue weighted by atomic mass is 9.91. The first-order valence-electron chi connectivity index (χ1n) is 6.32. The van der Waals surface area contributed by atoms with Crippen LogP contribution in [0.1, 0.15) is 39.0 Å². The molecule has 0 amide bonds. The molecule has 0 aromatic rings. The molecule has 0 bridgehead atoms. The number of likely N-dealkylation sites (tertiary alicyclic amines) is 1. The van der Waals surface area contributed by atoms with Crippen LogP contribution in [0.15, 0.2) is 0 Å². The highest BCUT2D eigenvalue weighted by Crippen LogP contribution is 2.29. The average Bonchev–Trinajstić information content (AvgIpc) is 2.65. The standard InChI is InChI=1S/C12H23NO2/c1-2-9-8-13(7-6-11(9)14)10-4-3-5-12(10)15/h9-12,14-15H,2-8H2,1H3. The summed E-state index contributed by atoms with van der Waals surface area (Å²) in [6.45, 7) is 4.07. The van der Waals surface area contributed by atoms with Gasteiger partial charge in [-0.25, -0.2) is 0 Å². The molecule has 1 saturated heterocycles. The summed E-state index contributed by atoms with van der Waals surface area (Å²) in [7, 11) is 0. The average molecular weight is 213 g/mol. The van der Waals surface area contributed by atoms with Crippen molar-refractivity contribution in [2.75, 3.05) is 13.1 Å². The summed E-state index contributed by atoms with van der Waals surface area (Å²) < 4.78 is 0. The molecule has 15 heavy (non-hydrogen) atoms. The molecule has 1 aliphatic carbocycles. The van der Waals surface area contributed by atoms with Gasteiger partial charge >= 0.3 is 0 Å². The van der Waals surface area contributed by atoms with Crippen molar-refractivity contribution in [1.29, 1.82) is 0 Å². The number of aliphatic hydroxyl groups excluding tert-OH is 2. The summed E-state index contributed by atoms with van der Waals surface area (Å²) in [6.07, 6.45) is 4.92. The largest absolute Gasteiger partial charge is 0.393 e. The fourth-order valence-corrected chi connectivity index (χ4v) is 3.10. The van der Waals surface area contributed by atoms with Gasteiger partial charge in [0.05, 0.1) is 12.2 Å². The fourth-order valence-electron chi connectivity index (χ4n) is 3.10. The third kappa shape index (κ3) is 2.35. The van der Waals surface area contributed by atoms with Gasteiger partial charge in [0.25, 0.3) is 0 Å². The molecule has 2 N–H and O–H groups in total. The van der Waals surface area contributed by atoms with Crippen LogP contribution in [0.4, 0.5) is 0 Å². The summed E-state index contributed by atoms with van der Waals surface area (Å²) in [5.41, 5.74) is 0. The van der Waals surface area contributed by atoms with Crippen LogP contribution in [0, 0.1) is 5.92 Å². The first-order valence-corrected chi connectivity index (χ1v) is 6.32. The molecule has 1 heterocycles. The second kappa shape index (κ2) is 4.81. The van der Waals surface area contributed by atoms with Gasteiger partial charge in [-0.3, -0.25) is 4.90 Å². The molecular weight excluding hydrogens is 190 g/mol. The van der Waals surface area contributed by atoms with Crippen LogP contribution < -0.4 is 0 Å². The smallest absolute Gasteiger partial charge is 0.0695 e. The number of nitrogens with zero attached hydrogens (tertiary/aromatic N) is 1. The van der Waals surface area contributed by atoms with Crippen molar-refractivity contribution in [3.63, 3.8) is 0 Å². The molecule has 4 atom stereocenters. The highest BCUT2D eigenvalue weighted by Gasteiger charge is 2.35. The molecule has 0 radical (unpaired) electrons. The van der Waals surface area contributed by atoms with Gasteiger partial charge in [-0.1, -0.05) is 6.92 Å². The monoisotopic (exact) mass is 213 g/mol. The Balaban J connectivity index is 1.93. The van der Waals surface area contributed by atoms with Crippen molar-refractivity contribution < 1.29 is 10.2 Å². The quantitative estimate of drug-likeness (QED) is 0.719. The molecule has 0 aromatic heterocycles. The first kappa shape index (κ1) is 11.4. The molecule has 3 nitrogen and oxygen atoms in total. The van der Waals surface area contributed by atoms with E-state index in [9.17, 15) is 10.2 Å². The van der Waals surface area contributed by atoms with Crippen molar-refractivity contribution in [1.82, 2.24) is 4.90 Å². The summed E-state index contributed by atoms with van der Waals surface area (Å²) in [6, 6.07) is 0.367. The Morgan fingerprint density at radius 1 is 1.13 bits per heavy atom. The zero-order valence-corrected chi connectivity index (χ0v) is 9.60. The molecule has 2 rings (SSSR count). The van der Waals surface area contributed by atoms with E-state index in [-0.39, 0.29) is 12.2 Å². The maximum Gasteiger partial charge on any atom is 0.0695 e. The number of piperidine rings is 1. The Morgan fingerprint density at radius 3 is 2.53 bits per heavy atom. The normalized spacial score (nSPS) is 43.4. The van der Waals surface area contributed by atoms with Crippen LogP contribution in [-0.2, 0) is 0 Å². The third-order valence-electron chi connectivity index (χ3n) is 4.16. The van der Waals surface area contributed by atoms with E-state index in [2.05, 4.69) is 11.8 Å². The zero-order chi connectivity index (χ0) is 10.8. The SMILES string of the molecule is CCC1CN(C2CCCC2O)CCC1O. The summed E-state index contributed by atoms with van der Waals surface area (Å²) >= 11 is 0. The van der Waals surface area contributed by atoms with Gasteiger partial charge in [0.15, 0.2) is 0 Å². The lowest BCUT2D eigenvalue weighted by Gasteiger charge is -2.40. The van der Waals surface area contributed by atoms with E-state index in [0.29, 0.717) is 12.0 Å². The summed E-state index contributed by atoms with van der Waals surface area (Å²) in [5, 5.41) is 19.7. The van der Waals surface area contributed by atoms with Crippen LogP contribution in [0.25, 0.3) is 0 Å². The molecule has 1 aliphatic heterocycles. The van der Waals surface area contributed by atoms with Crippen LogP contribution in [0.3, 0.4) is 0 Å². The lowest BCUT2D eigenvalue weighted by molar-refractivity contribution is -0.0155. The fraction of sp³-hybridized carbons (Fsp3) is 1.00. The Kier molecular flexibility index (Phi) is 3.65. The number of aliphatic hydroxyl groups is 2. The molecule has 88 valence electrons. The highest BCUT2D eigenvalue weighted by atomic mass is 16.3. The Labute approximate surface area is 92.1 Å². The molecule has 2 fully saturated rings. The topological polar surface area (TPSA) is 43.7 Å². The maximum absolute atomic E-state index is 9.86. The van der Waals surface area contributed by atoms with E-state index in [1.807, 2.05) is 0 Å². The van der Waals surface area contributed by atoms with Crippen molar-refractivity contribution in [3.8, 4) is 0 Å². The lowest BCUT2D eigenvalue weighted by Crippen LogP contribution is -2.50. The molecule has 4 unspecified atom stereocenters. The van der Waals surface area contributed by atoms with Gasteiger partial charge in [0, 0.05) is 19.1 Å². The van der Waals surface area contributed by atoms with E-state index in [4.69, 9.17) is 0 Å². The first-order chi connectivity index (χ1) is 7.22. The van der Waals surface area contributed by atoms with Gasteiger partial charge in [0.2, 0.25) is 0 Å². The number of hydrogen-bond acceptors (Lipinski definition) is 3. The Hall–Kier alpha value is -0.120. The van der Waals surface area contributed by atoms with Gasteiger partial charge < -0.3 is 10.2 Å². The van der Waals surface area contributed by atoms with E-state index in [1.165, 1.54) is 0 Å². The van der Waals surface area contributed by atoms with E-state index in [1.54, 1.807) is 0 Å². The van der Waals surface area contributed by atoms with Gasteiger partial charge in [-0.2, -0.15) is 0 Å². The highest BCUT2D eigenvalue weighted by molar-refractivity contribution is 4.89. The van der Waals surface area contributed by atoms with Crippen molar-refractivity contribution >= 4 is 0 Å². The molecule has 2 aliphatic rings.